The average Bonchev–Trinajstić information content (AvgIpc) is 2.79. The lowest BCUT2D eigenvalue weighted by atomic mass is 10.2. The van der Waals surface area contributed by atoms with Crippen molar-refractivity contribution in [3.63, 3.8) is 0 Å². The van der Waals surface area contributed by atoms with Crippen LogP contribution >= 0.6 is 0 Å². The van der Waals surface area contributed by atoms with E-state index in [4.69, 9.17) is 9.47 Å². The standard InChI is InChI=1S/C25H25FN4O2/c1-30(2)13-14-31-23-8-4-7-22-24(23)25(28-17-27-22)29-20-9-11-21(12-10-20)32-16-18-5-3-6-19(26)15-18/h3-12,15,17H,13-14,16H2,1-2H3,(H,27,28,29). The summed E-state index contributed by atoms with van der Waals surface area (Å²) in [5, 5.41) is 4.18. The lowest BCUT2D eigenvalue weighted by Gasteiger charge is -2.15. The number of halogens is 1. The summed E-state index contributed by atoms with van der Waals surface area (Å²) in [5.74, 6) is 1.83. The van der Waals surface area contributed by atoms with Gasteiger partial charge >= 0.3 is 0 Å². The maximum Gasteiger partial charge on any atom is 0.145 e. The Morgan fingerprint density at radius 3 is 2.53 bits per heavy atom. The Kier molecular flexibility index (Phi) is 6.77. The normalized spacial score (nSPS) is 11.0. The Bertz CT molecular complexity index is 1180. The Morgan fingerprint density at radius 2 is 1.75 bits per heavy atom. The van der Waals surface area contributed by atoms with Gasteiger partial charge in [-0.2, -0.15) is 0 Å². The number of nitrogens with zero attached hydrogens (tertiary/aromatic N) is 3. The maximum absolute atomic E-state index is 13.3. The maximum atomic E-state index is 13.3. The van der Waals surface area contributed by atoms with E-state index < -0.39 is 0 Å². The fourth-order valence-electron chi connectivity index (χ4n) is 3.20. The lowest BCUT2D eigenvalue weighted by molar-refractivity contribution is 0.263. The number of ether oxygens (including phenoxy) is 2. The molecule has 32 heavy (non-hydrogen) atoms. The topological polar surface area (TPSA) is 59.5 Å². The molecule has 0 saturated carbocycles. The van der Waals surface area contributed by atoms with Crippen LogP contribution in [0.5, 0.6) is 11.5 Å². The van der Waals surface area contributed by atoms with Gasteiger partial charge in [0.05, 0.1) is 10.9 Å². The van der Waals surface area contributed by atoms with E-state index in [1.54, 1.807) is 6.07 Å². The number of benzene rings is 3. The first-order valence-electron chi connectivity index (χ1n) is 10.3. The summed E-state index contributed by atoms with van der Waals surface area (Å²) in [5.41, 5.74) is 2.44. The molecule has 6 nitrogen and oxygen atoms in total. The summed E-state index contributed by atoms with van der Waals surface area (Å²) in [6.45, 7) is 1.68. The molecule has 4 aromatic rings. The first-order valence-corrected chi connectivity index (χ1v) is 10.3. The zero-order chi connectivity index (χ0) is 22.3. The molecule has 164 valence electrons. The number of aromatic nitrogens is 2. The Morgan fingerprint density at radius 1 is 0.938 bits per heavy atom. The molecule has 4 rings (SSSR count). The van der Waals surface area contributed by atoms with Gasteiger partial charge in [0.2, 0.25) is 0 Å². The molecular weight excluding hydrogens is 407 g/mol. The van der Waals surface area contributed by atoms with Crippen molar-refractivity contribution in [3.8, 4) is 11.5 Å². The molecule has 1 aromatic heterocycles. The average molecular weight is 432 g/mol. The fourth-order valence-corrected chi connectivity index (χ4v) is 3.20. The molecule has 0 fully saturated rings. The summed E-state index contributed by atoms with van der Waals surface area (Å²) in [4.78, 5) is 10.9. The van der Waals surface area contributed by atoms with E-state index in [0.29, 0.717) is 24.8 Å². The predicted octanol–water partition coefficient (Wildman–Crippen LogP) is 5.03. The SMILES string of the molecule is CN(C)CCOc1cccc2ncnc(Nc3ccc(OCc4cccc(F)c4)cc3)c12. The highest BCUT2D eigenvalue weighted by molar-refractivity contribution is 5.95. The van der Waals surface area contributed by atoms with Crippen molar-refractivity contribution >= 4 is 22.4 Å². The van der Waals surface area contributed by atoms with Crippen molar-refractivity contribution in [2.75, 3.05) is 32.6 Å². The second-order valence-corrected chi connectivity index (χ2v) is 7.59. The number of rotatable bonds is 9. The molecule has 1 N–H and O–H groups in total. The Balaban J connectivity index is 1.48. The molecule has 3 aromatic carbocycles. The minimum Gasteiger partial charge on any atom is -0.491 e. The Labute approximate surface area is 186 Å². The second kappa shape index (κ2) is 10.1. The molecule has 0 radical (unpaired) electrons. The summed E-state index contributed by atoms with van der Waals surface area (Å²) < 4.78 is 25.1. The molecular formula is C25H25FN4O2. The van der Waals surface area contributed by atoms with Gasteiger partial charge in [-0.1, -0.05) is 18.2 Å². The zero-order valence-corrected chi connectivity index (χ0v) is 18.1. The highest BCUT2D eigenvalue weighted by Gasteiger charge is 2.11. The largest absolute Gasteiger partial charge is 0.491 e. The molecule has 0 atom stereocenters. The van der Waals surface area contributed by atoms with Crippen molar-refractivity contribution in [2.24, 2.45) is 0 Å². The molecule has 1 heterocycles. The van der Waals surface area contributed by atoms with Crippen LogP contribution in [-0.4, -0.2) is 42.1 Å². The van der Waals surface area contributed by atoms with Crippen molar-refractivity contribution in [1.82, 2.24) is 14.9 Å². The van der Waals surface area contributed by atoms with E-state index >= 15 is 0 Å². The molecule has 0 aliphatic carbocycles. The third-order valence-corrected chi connectivity index (χ3v) is 4.83. The van der Waals surface area contributed by atoms with E-state index in [2.05, 4.69) is 20.2 Å². The van der Waals surface area contributed by atoms with Gasteiger partial charge in [0.1, 0.15) is 42.7 Å². The van der Waals surface area contributed by atoms with E-state index in [9.17, 15) is 4.39 Å². The molecule has 0 aliphatic heterocycles. The second-order valence-electron chi connectivity index (χ2n) is 7.59. The number of hydrogen-bond donors (Lipinski definition) is 1. The van der Waals surface area contributed by atoms with Crippen LogP contribution in [-0.2, 0) is 6.61 Å². The van der Waals surface area contributed by atoms with Gasteiger partial charge in [-0.15, -0.1) is 0 Å². The minimum atomic E-state index is -0.271. The monoisotopic (exact) mass is 432 g/mol. The smallest absolute Gasteiger partial charge is 0.145 e. The van der Waals surface area contributed by atoms with Crippen molar-refractivity contribution in [1.29, 1.82) is 0 Å². The number of hydrogen-bond acceptors (Lipinski definition) is 6. The Hall–Kier alpha value is -3.71. The molecule has 0 saturated heterocycles. The van der Waals surface area contributed by atoms with Crippen LogP contribution in [0.4, 0.5) is 15.9 Å². The number of fused-ring (bicyclic) bond motifs is 1. The lowest BCUT2D eigenvalue weighted by Crippen LogP contribution is -2.19. The molecule has 0 bridgehead atoms. The summed E-state index contributed by atoms with van der Waals surface area (Å²) >= 11 is 0. The van der Waals surface area contributed by atoms with Gasteiger partial charge in [-0.3, -0.25) is 0 Å². The molecule has 0 aliphatic rings. The molecule has 0 unspecified atom stereocenters. The molecule has 0 amide bonds. The van der Waals surface area contributed by atoms with Gasteiger partial charge in [-0.25, -0.2) is 14.4 Å². The third-order valence-electron chi connectivity index (χ3n) is 4.83. The van der Waals surface area contributed by atoms with E-state index in [1.807, 2.05) is 62.6 Å². The van der Waals surface area contributed by atoms with Crippen LogP contribution in [0.3, 0.4) is 0 Å². The third kappa shape index (κ3) is 5.50. The van der Waals surface area contributed by atoms with Crippen LogP contribution in [0.15, 0.2) is 73.1 Å². The highest BCUT2D eigenvalue weighted by Crippen LogP contribution is 2.31. The number of likely N-dealkylation sites (N-methyl/N-ethyl adjacent to an activating group) is 1. The van der Waals surface area contributed by atoms with Gasteiger partial charge in [0, 0.05) is 12.2 Å². The van der Waals surface area contributed by atoms with Gasteiger partial charge in [0.25, 0.3) is 0 Å². The predicted molar refractivity (Wildman–Crippen MR) is 124 cm³/mol. The molecule has 0 spiro atoms. The number of nitrogens with one attached hydrogen (secondary N) is 1. The van der Waals surface area contributed by atoms with Crippen LogP contribution < -0.4 is 14.8 Å². The highest BCUT2D eigenvalue weighted by atomic mass is 19.1. The van der Waals surface area contributed by atoms with Crippen LogP contribution in [0.2, 0.25) is 0 Å². The fraction of sp³-hybridized carbons (Fsp3) is 0.200. The number of anilines is 2. The van der Waals surface area contributed by atoms with Gasteiger partial charge in [0.15, 0.2) is 0 Å². The van der Waals surface area contributed by atoms with Gasteiger partial charge in [-0.05, 0) is 68.2 Å². The summed E-state index contributed by atoms with van der Waals surface area (Å²) in [7, 11) is 4.02. The van der Waals surface area contributed by atoms with E-state index in [-0.39, 0.29) is 5.82 Å². The quantitative estimate of drug-likeness (QED) is 0.400. The van der Waals surface area contributed by atoms with Crippen LogP contribution in [0, 0.1) is 5.82 Å². The van der Waals surface area contributed by atoms with E-state index in [1.165, 1.54) is 18.5 Å². The first kappa shape index (κ1) is 21.5. The van der Waals surface area contributed by atoms with Gasteiger partial charge < -0.3 is 19.7 Å². The van der Waals surface area contributed by atoms with Crippen molar-refractivity contribution < 1.29 is 13.9 Å². The van der Waals surface area contributed by atoms with Crippen LogP contribution in [0.1, 0.15) is 5.56 Å². The first-order chi connectivity index (χ1) is 15.6. The summed E-state index contributed by atoms with van der Waals surface area (Å²) in [6, 6.07) is 19.7. The van der Waals surface area contributed by atoms with Crippen molar-refractivity contribution in [2.45, 2.75) is 6.61 Å². The summed E-state index contributed by atoms with van der Waals surface area (Å²) in [6.07, 6.45) is 1.53. The zero-order valence-electron chi connectivity index (χ0n) is 18.1. The van der Waals surface area contributed by atoms with E-state index in [0.717, 1.165) is 34.4 Å². The molecule has 7 heteroatoms. The van der Waals surface area contributed by atoms with Crippen LogP contribution in [0.25, 0.3) is 10.9 Å². The van der Waals surface area contributed by atoms with Crippen molar-refractivity contribution in [3.05, 3.63) is 84.4 Å². The minimum absolute atomic E-state index is 0.271.